The predicted molar refractivity (Wildman–Crippen MR) is 70.2 cm³/mol. The molecule has 17 heavy (non-hydrogen) atoms. The van der Waals surface area contributed by atoms with Crippen LogP contribution in [-0.4, -0.2) is 11.5 Å². The van der Waals surface area contributed by atoms with Crippen LogP contribution in [0.1, 0.15) is 27.7 Å². The molecule has 0 bridgehead atoms. The largest absolute Gasteiger partial charge is 0.379 e. The molecule has 1 rings (SSSR count). The maximum Gasteiger partial charge on any atom is 0.292 e. The van der Waals surface area contributed by atoms with Crippen LogP contribution < -0.4 is 5.32 Å². The van der Waals surface area contributed by atoms with Crippen molar-refractivity contribution < 1.29 is 4.92 Å². The molecule has 0 aliphatic carbocycles. The van der Waals surface area contributed by atoms with Gasteiger partial charge in [0.25, 0.3) is 5.69 Å². The molecule has 4 nitrogen and oxygen atoms in total. The van der Waals surface area contributed by atoms with Crippen molar-refractivity contribution in [1.82, 2.24) is 0 Å². The molecule has 4 heteroatoms. The van der Waals surface area contributed by atoms with E-state index in [0.29, 0.717) is 11.6 Å². The highest BCUT2D eigenvalue weighted by molar-refractivity contribution is 5.61. The van der Waals surface area contributed by atoms with E-state index in [1.165, 1.54) is 6.07 Å². The van der Waals surface area contributed by atoms with Crippen LogP contribution in [0, 0.1) is 21.4 Å². The van der Waals surface area contributed by atoms with E-state index in [1.54, 1.807) is 18.2 Å². The van der Waals surface area contributed by atoms with Crippen LogP contribution in [0.2, 0.25) is 0 Å². The number of benzene rings is 1. The Morgan fingerprint density at radius 1 is 1.35 bits per heavy atom. The number of nitro benzene ring substituents is 1. The monoisotopic (exact) mass is 236 g/mol. The zero-order valence-electron chi connectivity index (χ0n) is 10.9. The number of para-hydroxylation sites is 2. The molecule has 0 fully saturated rings. The Balaban J connectivity index is 2.79. The van der Waals surface area contributed by atoms with Crippen molar-refractivity contribution in [1.29, 1.82) is 0 Å². The van der Waals surface area contributed by atoms with Gasteiger partial charge in [0, 0.05) is 12.6 Å². The Kier molecular flexibility index (Phi) is 4.10. The molecule has 0 saturated heterocycles. The lowest BCUT2D eigenvalue weighted by atomic mass is 9.81. The first-order valence-electron chi connectivity index (χ1n) is 5.82. The SMILES string of the molecule is CC(C)C(C)(C)CNc1ccccc1[N+](=O)[O-]. The predicted octanol–water partition coefficient (Wildman–Crippen LogP) is 3.69. The van der Waals surface area contributed by atoms with E-state index in [4.69, 9.17) is 0 Å². The summed E-state index contributed by atoms with van der Waals surface area (Å²) in [7, 11) is 0. The van der Waals surface area contributed by atoms with Gasteiger partial charge < -0.3 is 5.32 Å². The molecule has 0 aromatic heterocycles. The average molecular weight is 236 g/mol. The summed E-state index contributed by atoms with van der Waals surface area (Å²) in [6, 6.07) is 6.74. The minimum atomic E-state index is -0.356. The summed E-state index contributed by atoms with van der Waals surface area (Å²) in [5.74, 6) is 0.512. The summed E-state index contributed by atoms with van der Waals surface area (Å²) in [6.45, 7) is 9.33. The fourth-order valence-corrected chi connectivity index (χ4v) is 1.31. The van der Waals surface area contributed by atoms with E-state index < -0.39 is 0 Å². The van der Waals surface area contributed by atoms with Crippen molar-refractivity contribution in [3.63, 3.8) is 0 Å². The highest BCUT2D eigenvalue weighted by atomic mass is 16.6. The molecule has 0 saturated carbocycles. The van der Waals surface area contributed by atoms with E-state index in [1.807, 2.05) is 0 Å². The molecule has 0 aliphatic heterocycles. The summed E-state index contributed by atoms with van der Waals surface area (Å²) in [5.41, 5.74) is 0.822. The molecule has 0 atom stereocenters. The number of anilines is 1. The van der Waals surface area contributed by atoms with Gasteiger partial charge in [0.15, 0.2) is 0 Å². The fourth-order valence-electron chi connectivity index (χ4n) is 1.31. The second-order valence-corrected chi connectivity index (χ2v) is 5.27. The normalized spacial score (nSPS) is 11.6. The van der Waals surface area contributed by atoms with E-state index >= 15 is 0 Å². The maximum atomic E-state index is 10.8. The third-order valence-corrected chi connectivity index (χ3v) is 3.40. The number of nitrogens with one attached hydrogen (secondary N) is 1. The van der Waals surface area contributed by atoms with Crippen LogP contribution in [0.15, 0.2) is 24.3 Å². The maximum absolute atomic E-state index is 10.8. The topological polar surface area (TPSA) is 55.2 Å². The lowest BCUT2D eigenvalue weighted by Gasteiger charge is -2.29. The summed E-state index contributed by atoms with van der Waals surface area (Å²) in [6.07, 6.45) is 0. The molecule has 1 aromatic carbocycles. The second-order valence-electron chi connectivity index (χ2n) is 5.27. The van der Waals surface area contributed by atoms with Gasteiger partial charge in [-0.15, -0.1) is 0 Å². The third-order valence-electron chi connectivity index (χ3n) is 3.40. The third kappa shape index (κ3) is 3.44. The van der Waals surface area contributed by atoms with Gasteiger partial charge in [-0.1, -0.05) is 39.8 Å². The molecule has 1 N–H and O–H groups in total. The Bertz CT molecular complexity index is 400. The highest BCUT2D eigenvalue weighted by Gasteiger charge is 2.23. The first-order valence-corrected chi connectivity index (χ1v) is 5.82. The smallest absolute Gasteiger partial charge is 0.292 e. The summed E-state index contributed by atoms with van der Waals surface area (Å²) < 4.78 is 0. The van der Waals surface area contributed by atoms with E-state index in [9.17, 15) is 10.1 Å². The molecule has 94 valence electrons. The Morgan fingerprint density at radius 3 is 2.47 bits per heavy atom. The van der Waals surface area contributed by atoms with Gasteiger partial charge >= 0.3 is 0 Å². The Labute approximate surface area is 102 Å². The molecule has 0 aliphatic rings. The quantitative estimate of drug-likeness (QED) is 0.626. The van der Waals surface area contributed by atoms with Gasteiger partial charge in [-0.25, -0.2) is 0 Å². The van der Waals surface area contributed by atoms with Gasteiger partial charge in [-0.05, 0) is 17.4 Å². The molecule has 0 spiro atoms. The first-order chi connectivity index (χ1) is 7.84. The van der Waals surface area contributed by atoms with Gasteiger partial charge in [-0.2, -0.15) is 0 Å². The van der Waals surface area contributed by atoms with Crippen molar-refractivity contribution in [2.45, 2.75) is 27.7 Å². The molecule has 0 unspecified atom stereocenters. The van der Waals surface area contributed by atoms with Gasteiger partial charge in [0.05, 0.1) is 4.92 Å². The van der Waals surface area contributed by atoms with Crippen molar-refractivity contribution in [3.8, 4) is 0 Å². The summed E-state index contributed by atoms with van der Waals surface area (Å²) >= 11 is 0. The van der Waals surface area contributed by atoms with Crippen molar-refractivity contribution in [3.05, 3.63) is 34.4 Å². The van der Waals surface area contributed by atoms with Gasteiger partial charge in [0.1, 0.15) is 5.69 Å². The van der Waals surface area contributed by atoms with Crippen LogP contribution in [0.4, 0.5) is 11.4 Å². The number of nitro groups is 1. The minimum absolute atomic E-state index is 0.101. The zero-order chi connectivity index (χ0) is 13.1. The number of rotatable bonds is 5. The van der Waals surface area contributed by atoms with Crippen LogP contribution in [0.5, 0.6) is 0 Å². The lowest BCUT2D eigenvalue weighted by Crippen LogP contribution is -2.28. The zero-order valence-corrected chi connectivity index (χ0v) is 10.9. The van der Waals surface area contributed by atoms with Crippen LogP contribution >= 0.6 is 0 Å². The number of hydrogen-bond donors (Lipinski definition) is 1. The number of hydrogen-bond acceptors (Lipinski definition) is 3. The summed E-state index contributed by atoms with van der Waals surface area (Å²) in [5, 5.41) is 14.0. The van der Waals surface area contributed by atoms with Crippen LogP contribution in [0.3, 0.4) is 0 Å². The molecule has 0 radical (unpaired) electrons. The molecular weight excluding hydrogens is 216 g/mol. The molecule has 1 aromatic rings. The Hall–Kier alpha value is -1.58. The van der Waals surface area contributed by atoms with E-state index in [2.05, 4.69) is 33.0 Å². The minimum Gasteiger partial charge on any atom is -0.379 e. The average Bonchev–Trinajstić information content (AvgIpc) is 2.26. The van der Waals surface area contributed by atoms with Crippen molar-refractivity contribution >= 4 is 11.4 Å². The van der Waals surface area contributed by atoms with Crippen LogP contribution in [0.25, 0.3) is 0 Å². The molecule has 0 heterocycles. The molecule has 0 amide bonds. The van der Waals surface area contributed by atoms with Gasteiger partial charge in [-0.3, -0.25) is 10.1 Å². The standard InChI is InChI=1S/C13H20N2O2/c1-10(2)13(3,4)9-14-11-7-5-6-8-12(11)15(16)17/h5-8,10,14H,9H2,1-4H3. The summed E-state index contributed by atoms with van der Waals surface area (Å²) in [4.78, 5) is 10.5. The van der Waals surface area contributed by atoms with Crippen molar-refractivity contribution in [2.24, 2.45) is 11.3 Å². The van der Waals surface area contributed by atoms with Gasteiger partial charge in [0.2, 0.25) is 0 Å². The second kappa shape index (κ2) is 5.17. The Morgan fingerprint density at radius 2 is 1.94 bits per heavy atom. The van der Waals surface area contributed by atoms with E-state index in [-0.39, 0.29) is 16.0 Å². The molecular formula is C13H20N2O2. The number of nitrogens with zero attached hydrogens (tertiary/aromatic N) is 1. The first kappa shape index (κ1) is 13.5. The van der Waals surface area contributed by atoms with Crippen LogP contribution in [-0.2, 0) is 0 Å². The highest BCUT2D eigenvalue weighted by Crippen LogP contribution is 2.29. The lowest BCUT2D eigenvalue weighted by molar-refractivity contribution is -0.384. The van der Waals surface area contributed by atoms with Crippen molar-refractivity contribution in [2.75, 3.05) is 11.9 Å². The van der Waals surface area contributed by atoms with E-state index in [0.717, 1.165) is 6.54 Å². The fraction of sp³-hybridized carbons (Fsp3) is 0.538.